The van der Waals surface area contributed by atoms with Gasteiger partial charge in [0.2, 0.25) is 5.91 Å². The molecule has 1 fully saturated rings. The highest BCUT2D eigenvalue weighted by molar-refractivity contribution is 7.10. The number of amides is 1. The summed E-state index contributed by atoms with van der Waals surface area (Å²) < 4.78 is 11.0. The summed E-state index contributed by atoms with van der Waals surface area (Å²) in [5.74, 6) is 0.367. The van der Waals surface area contributed by atoms with Gasteiger partial charge in [0.1, 0.15) is 6.61 Å². The maximum Gasteiger partial charge on any atom is 0.246 e. The number of hydrogen-bond donors (Lipinski definition) is 1. The molecule has 24 heavy (non-hydrogen) atoms. The number of rotatable bonds is 7. The number of carbonyl (C=O) groups excluding carboxylic acids is 1. The quantitative estimate of drug-likeness (QED) is 0.835. The lowest BCUT2D eigenvalue weighted by molar-refractivity contribution is -0.127. The van der Waals surface area contributed by atoms with Gasteiger partial charge in [0.05, 0.1) is 12.6 Å². The zero-order valence-electron chi connectivity index (χ0n) is 13.6. The van der Waals surface area contributed by atoms with E-state index in [4.69, 9.17) is 9.47 Å². The molecule has 1 aromatic carbocycles. The molecule has 1 unspecified atom stereocenters. The molecule has 5 heteroatoms. The molecule has 0 spiro atoms. The first kappa shape index (κ1) is 17.1. The van der Waals surface area contributed by atoms with Crippen LogP contribution in [0, 0.1) is 5.92 Å². The number of ether oxygens (including phenoxy) is 2. The van der Waals surface area contributed by atoms with Crippen LogP contribution in [0.2, 0.25) is 0 Å². The zero-order valence-corrected chi connectivity index (χ0v) is 14.5. The highest BCUT2D eigenvalue weighted by atomic mass is 32.1. The van der Waals surface area contributed by atoms with Crippen molar-refractivity contribution in [1.82, 2.24) is 5.32 Å². The lowest BCUT2D eigenvalue weighted by Gasteiger charge is -2.30. The molecule has 1 aliphatic rings. The molecule has 128 valence electrons. The van der Waals surface area contributed by atoms with Gasteiger partial charge in [-0.2, -0.15) is 0 Å². The van der Waals surface area contributed by atoms with Crippen molar-refractivity contribution in [3.05, 3.63) is 58.3 Å². The summed E-state index contributed by atoms with van der Waals surface area (Å²) in [6, 6.07) is 14.1. The van der Waals surface area contributed by atoms with Crippen LogP contribution in [0.25, 0.3) is 0 Å². The molecule has 2 heterocycles. The van der Waals surface area contributed by atoms with Gasteiger partial charge in [0, 0.05) is 18.1 Å². The van der Waals surface area contributed by atoms with Crippen molar-refractivity contribution in [1.29, 1.82) is 0 Å². The normalized spacial score (nSPS) is 16.7. The smallest absolute Gasteiger partial charge is 0.246 e. The van der Waals surface area contributed by atoms with Gasteiger partial charge < -0.3 is 14.8 Å². The third-order valence-corrected chi connectivity index (χ3v) is 5.20. The second-order valence-corrected chi connectivity index (χ2v) is 6.97. The molecule has 1 N–H and O–H groups in total. The molecule has 1 aromatic heterocycles. The molecule has 1 aliphatic heterocycles. The molecule has 1 amide bonds. The highest BCUT2D eigenvalue weighted by Gasteiger charge is 2.27. The van der Waals surface area contributed by atoms with E-state index in [1.165, 1.54) is 4.88 Å². The van der Waals surface area contributed by atoms with Crippen molar-refractivity contribution in [2.45, 2.75) is 25.5 Å². The maximum atomic E-state index is 12.3. The Kier molecular flexibility index (Phi) is 6.41. The SMILES string of the molecule is O=C(COCc1ccccc1)NC(c1cccs1)C1CCOCC1. The van der Waals surface area contributed by atoms with E-state index in [2.05, 4.69) is 16.8 Å². The number of nitrogens with one attached hydrogen (secondary N) is 1. The number of hydrogen-bond acceptors (Lipinski definition) is 4. The average molecular weight is 345 g/mol. The molecule has 4 nitrogen and oxygen atoms in total. The number of carbonyl (C=O) groups is 1. The summed E-state index contributed by atoms with van der Waals surface area (Å²) in [4.78, 5) is 13.5. The van der Waals surface area contributed by atoms with Gasteiger partial charge in [-0.15, -0.1) is 11.3 Å². The summed E-state index contributed by atoms with van der Waals surface area (Å²) in [6.45, 7) is 2.08. The van der Waals surface area contributed by atoms with E-state index in [0.717, 1.165) is 31.6 Å². The van der Waals surface area contributed by atoms with E-state index in [0.29, 0.717) is 12.5 Å². The van der Waals surface area contributed by atoms with Gasteiger partial charge in [-0.05, 0) is 35.8 Å². The third kappa shape index (κ3) is 4.90. The van der Waals surface area contributed by atoms with Crippen LogP contribution in [0.3, 0.4) is 0 Å². The monoisotopic (exact) mass is 345 g/mol. The van der Waals surface area contributed by atoms with Gasteiger partial charge >= 0.3 is 0 Å². The fraction of sp³-hybridized carbons (Fsp3) is 0.421. The van der Waals surface area contributed by atoms with Crippen LogP contribution in [0.5, 0.6) is 0 Å². The van der Waals surface area contributed by atoms with E-state index >= 15 is 0 Å². The predicted octanol–water partition coefficient (Wildman–Crippen LogP) is 3.55. The van der Waals surface area contributed by atoms with E-state index in [1.54, 1.807) is 11.3 Å². The Bertz CT molecular complexity index is 609. The first-order chi connectivity index (χ1) is 11.8. The fourth-order valence-electron chi connectivity index (χ4n) is 2.99. The number of thiophene rings is 1. The van der Waals surface area contributed by atoms with Crippen LogP contribution >= 0.6 is 11.3 Å². The Morgan fingerprint density at radius 2 is 2.00 bits per heavy atom. The minimum absolute atomic E-state index is 0.0572. The van der Waals surface area contributed by atoms with Gasteiger partial charge in [0.15, 0.2) is 0 Å². The molecule has 0 bridgehead atoms. The maximum absolute atomic E-state index is 12.3. The van der Waals surface area contributed by atoms with Crippen LogP contribution < -0.4 is 5.32 Å². The van der Waals surface area contributed by atoms with Gasteiger partial charge in [-0.1, -0.05) is 36.4 Å². The molecule has 1 saturated heterocycles. The lowest BCUT2D eigenvalue weighted by atomic mass is 9.90. The molecule has 0 aliphatic carbocycles. The van der Waals surface area contributed by atoms with Crippen LogP contribution in [-0.2, 0) is 20.9 Å². The summed E-state index contributed by atoms with van der Waals surface area (Å²) in [5, 5.41) is 5.22. The fourth-order valence-corrected chi connectivity index (χ4v) is 3.86. The topological polar surface area (TPSA) is 47.6 Å². The first-order valence-electron chi connectivity index (χ1n) is 8.35. The van der Waals surface area contributed by atoms with E-state index < -0.39 is 0 Å². The van der Waals surface area contributed by atoms with E-state index in [1.807, 2.05) is 36.4 Å². The van der Waals surface area contributed by atoms with Crippen molar-refractivity contribution < 1.29 is 14.3 Å². The zero-order chi connectivity index (χ0) is 16.6. The second-order valence-electron chi connectivity index (χ2n) is 5.99. The van der Waals surface area contributed by atoms with Crippen LogP contribution in [0.4, 0.5) is 0 Å². The van der Waals surface area contributed by atoms with Crippen molar-refractivity contribution in [3.63, 3.8) is 0 Å². The van der Waals surface area contributed by atoms with Crippen LogP contribution in [0.15, 0.2) is 47.8 Å². The van der Waals surface area contributed by atoms with Crippen molar-refractivity contribution in [3.8, 4) is 0 Å². The highest BCUT2D eigenvalue weighted by Crippen LogP contribution is 2.32. The Balaban J connectivity index is 1.53. The Labute approximate surface area is 146 Å². The van der Waals surface area contributed by atoms with Gasteiger partial charge in [-0.3, -0.25) is 4.79 Å². The Morgan fingerprint density at radius 1 is 1.21 bits per heavy atom. The number of benzene rings is 1. The second kappa shape index (κ2) is 8.97. The molecule has 3 rings (SSSR count). The minimum atomic E-state index is -0.0594. The third-order valence-electron chi connectivity index (χ3n) is 4.25. The van der Waals surface area contributed by atoms with Crippen molar-refractivity contribution >= 4 is 17.2 Å². The summed E-state index contributed by atoms with van der Waals surface area (Å²) >= 11 is 1.69. The Hall–Kier alpha value is -1.69. The standard InChI is InChI=1S/C19H23NO3S/c21-18(14-23-13-15-5-2-1-3-6-15)20-19(17-7-4-12-24-17)16-8-10-22-11-9-16/h1-7,12,16,19H,8-11,13-14H2,(H,20,21). The van der Waals surface area contributed by atoms with Gasteiger partial charge in [0.25, 0.3) is 0 Å². The molecule has 0 radical (unpaired) electrons. The van der Waals surface area contributed by atoms with Crippen molar-refractivity contribution in [2.24, 2.45) is 5.92 Å². The molecular formula is C19H23NO3S. The largest absolute Gasteiger partial charge is 0.381 e. The predicted molar refractivity (Wildman–Crippen MR) is 94.8 cm³/mol. The van der Waals surface area contributed by atoms with Crippen LogP contribution in [-0.4, -0.2) is 25.7 Å². The van der Waals surface area contributed by atoms with Crippen LogP contribution in [0.1, 0.15) is 29.3 Å². The average Bonchev–Trinajstić information content (AvgIpc) is 3.16. The molecule has 1 atom stereocenters. The Morgan fingerprint density at radius 3 is 2.71 bits per heavy atom. The molecular weight excluding hydrogens is 322 g/mol. The minimum Gasteiger partial charge on any atom is -0.381 e. The molecule has 0 saturated carbocycles. The van der Waals surface area contributed by atoms with E-state index in [9.17, 15) is 4.79 Å². The van der Waals surface area contributed by atoms with Crippen molar-refractivity contribution in [2.75, 3.05) is 19.8 Å². The van der Waals surface area contributed by atoms with E-state index in [-0.39, 0.29) is 18.6 Å². The first-order valence-corrected chi connectivity index (χ1v) is 9.23. The summed E-state index contributed by atoms with van der Waals surface area (Å²) in [7, 11) is 0. The molecule has 2 aromatic rings. The lowest BCUT2D eigenvalue weighted by Crippen LogP contribution is -2.37. The summed E-state index contributed by atoms with van der Waals surface area (Å²) in [5.41, 5.74) is 1.07. The van der Waals surface area contributed by atoms with Gasteiger partial charge in [-0.25, -0.2) is 0 Å². The summed E-state index contributed by atoms with van der Waals surface area (Å²) in [6.07, 6.45) is 1.96.